The van der Waals surface area contributed by atoms with E-state index >= 15 is 0 Å². The Morgan fingerprint density at radius 3 is 2.26 bits per heavy atom. The summed E-state index contributed by atoms with van der Waals surface area (Å²) in [5.74, 6) is -0.00738. The highest BCUT2D eigenvalue weighted by Gasteiger charge is 2.05. The molecule has 0 spiro atoms. The van der Waals surface area contributed by atoms with Crippen molar-refractivity contribution >= 4 is 41.5 Å². The number of carbonyl (C=O) groups is 1. The zero-order valence-electron chi connectivity index (χ0n) is 15.8. The van der Waals surface area contributed by atoms with E-state index in [4.69, 9.17) is 0 Å². The third kappa shape index (κ3) is 8.38. The van der Waals surface area contributed by atoms with Crippen LogP contribution in [-0.4, -0.2) is 32.0 Å². The number of aryl methyl sites for hydroxylation is 2. The first-order valence-corrected chi connectivity index (χ1v) is 8.53. The van der Waals surface area contributed by atoms with Crippen LogP contribution in [0.1, 0.15) is 16.7 Å². The second-order valence-corrected chi connectivity index (χ2v) is 6.15. The van der Waals surface area contributed by atoms with E-state index in [1.54, 1.807) is 7.05 Å². The molecule has 5 nitrogen and oxygen atoms in total. The topological polar surface area (TPSA) is 65.5 Å². The molecule has 0 bridgehead atoms. The lowest BCUT2D eigenvalue weighted by molar-refractivity contribution is -0.115. The van der Waals surface area contributed by atoms with Crippen LogP contribution in [-0.2, 0) is 11.2 Å². The number of anilines is 1. The van der Waals surface area contributed by atoms with E-state index in [0.29, 0.717) is 18.2 Å². The van der Waals surface area contributed by atoms with Gasteiger partial charge in [0, 0.05) is 19.3 Å². The van der Waals surface area contributed by atoms with Crippen LogP contribution in [0.5, 0.6) is 0 Å². The van der Waals surface area contributed by atoms with Crippen LogP contribution >= 0.6 is 24.0 Å². The highest BCUT2D eigenvalue weighted by atomic mass is 127. The maximum absolute atomic E-state index is 12.9. The first-order valence-electron chi connectivity index (χ1n) is 8.53. The number of hydrogen-bond donors (Lipinski definition) is 3. The number of rotatable bonds is 6. The summed E-state index contributed by atoms with van der Waals surface area (Å²) in [6.07, 6.45) is 0.866. The lowest BCUT2D eigenvalue weighted by Crippen LogP contribution is -2.42. The molecule has 0 saturated heterocycles. The summed E-state index contributed by atoms with van der Waals surface area (Å²) in [5, 5.41) is 8.85. The van der Waals surface area contributed by atoms with E-state index in [1.807, 2.05) is 0 Å². The molecular formula is C20H26FIN4O. The van der Waals surface area contributed by atoms with E-state index in [2.05, 4.69) is 53.0 Å². The minimum Gasteiger partial charge on any atom is -0.356 e. The standard InChI is InChI=1S/C20H25FN4O.HI/c1-14-10-15(2)12-16(11-14)8-9-23-20(22-3)24-13-19(26)25-18-6-4-17(21)5-7-18;/h4-7,10-12H,8-9,13H2,1-3H3,(H,25,26)(H2,22,23,24);1H. The van der Waals surface area contributed by atoms with Crippen molar-refractivity contribution in [2.45, 2.75) is 20.3 Å². The predicted molar refractivity (Wildman–Crippen MR) is 119 cm³/mol. The highest BCUT2D eigenvalue weighted by Crippen LogP contribution is 2.09. The Balaban J connectivity index is 0.00000364. The van der Waals surface area contributed by atoms with E-state index in [-0.39, 0.29) is 42.2 Å². The van der Waals surface area contributed by atoms with Gasteiger partial charge in [-0.3, -0.25) is 9.79 Å². The van der Waals surface area contributed by atoms with E-state index in [0.717, 1.165) is 6.42 Å². The summed E-state index contributed by atoms with van der Waals surface area (Å²) < 4.78 is 12.9. The van der Waals surface area contributed by atoms with Gasteiger partial charge in [0.05, 0.1) is 6.54 Å². The number of amides is 1. The number of guanidine groups is 1. The minimum atomic E-state index is -0.338. The van der Waals surface area contributed by atoms with Gasteiger partial charge in [0.15, 0.2) is 5.96 Å². The van der Waals surface area contributed by atoms with Gasteiger partial charge in [-0.2, -0.15) is 0 Å². The summed E-state index contributed by atoms with van der Waals surface area (Å²) in [6.45, 7) is 4.96. The Labute approximate surface area is 176 Å². The highest BCUT2D eigenvalue weighted by molar-refractivity contribution is 14.0. The van der Waals surface area contributed by atoms with Crippen molar-refractivity contribution in [2.75, 3.05) is 25.5 Å². The van der Waals surface area contributed by atoms with Crippen molar-refractivity contribution in [1.82, 2.24) is 10.6 Å². The lowest BCUT2D eigenvalue weighted by atomic mass is 10.1. The first-order chi connectivity index (χ1) is 12.5. The molecule has 1 amide bonds. The van der Waals surface area contributed by atoms with Crippen LogP contribution in [0.2, 0.25) is 0 Å². The molecule has 0 heterocycles. The van der Waals surface area contributed by atoms with Crippen LogP contribution in [0.4, 0.5) is 10.1 Å². The van der Waals surface area contributed by atoms with Crippen LogP contribution in [0.3, 0.4) is 0 Å². The molecule has 0 aromatic heterocycles. The minimum absolute atomic E-state index is 0. The Morgan fingerprint density at radius 1 is 1.04 bits per heavy atom. The molecule has 0 aliphatic carbocycles. The van der Waals surface area contributed by atoms with Gasteiger partial charge in [-0.1, -0.05) is 29.3 Å². The number of nitrogens with one attached hydrogen (secondary N) is 3. The van der Waals surface area contributed by atoms with Crippen LogP contribution in [0.25, 0.3) is 0 Å². The second kappa shape index (κ2) is 11.5. The Bertz CT molecular complexity index is 758. The number of benzene rings is 2. The van der Waals surface area contributed by atoms with Gasteiger partial charge in [-0.05, 0) is 50.1 Å². The fourth-order valence-corrected chi connectivity index (χ4v) is 2.66. The molecule has 0 unspecified atom stereocenters. The van der Waals surface area contributed by atoms with Crippen molar-refractivity contribution in [1.29, 1.82) is 0 Å². The molecule has 146 valence electrons. The summed E-state index contributed by atoms with van der Waals surface area (Å²) in [7, 11) is 1.66. The average Bonchev–Trinajstić information content (AvgIpc) is 2.59. The largest absolute Gasteiger partial charge is 0.356 e. The van der Waals surface area contributed by atoms with Crippen molar-refractivity contribution in [2.24, 2.45) is 4.99 Å². The maximum Gasteiger partial charge on any atom is 0.243 e. The molecule has 2 rings (SSSR count). The fourth-order valence-electron chi connectivity index (χ4n) is 2.66. The molecule has 3 N–H and O–H groups in total. The Kier molecular flexibility index (Phi) is 9.77. The van der Waals surface area contributed by atoms with Crippen LogP contribution in [0, 0.1) is 19.7 Å². The van der Waals surface area contributed by atoms with Gasteiger partial charge < -0.3 is 16.0 Å². The zero-order valence-corrected chi connectivity index (χ0v) is 18.1. The van der Waals surface area contributed by atoms with Crippen molar-refractivity contribution < 1.29 is 9.18 Å². The van der Waals surface area contributed by atoms with E-state index in [1.165, 1.54) is 41.0 Å². The molecule has 7 heteroatoms. The summed E-state index contributed by atoms with van der Waals surface area (Å²) in [6, 6.07) is 12.1. The van der Waals surface area contributed by atoms with Crippen molar-refractivity contribution in [3.63, 3.8) is 0 Å². The third-order valence-corrected chi connectivity index (χ3v) is 3.76. The van der Waals surface area contributed by atoms with Crippen molar-refractivity contribution in [3.05, 3.63) is 65.0 Å². The smallest absolute Gasteiger partial charge is 0.243 e. The predicted octanol–water partition coefficient (Wildman–Crippen LogP) is 3.41. The number of hydrogen-bond acceptors (Lipinski definition) is 2. The number of halogens is 2. The Hall–Kier alpha value is -2.16. The van der Waals surface area contributed by atoms with Gasteiger partial charge >= 0.3 is 0 Å². The number of aliphatic imine (C=N–C) groups is 1. The average molecular weight is 484 g/mol. The second-order valence-electron chi connectivity index (χ2n) is 6.15. The molecule has 0 atom stereocenters. The first kappa shape index (κ1) is 22.9. The molecule has 0 radical (unpaired) electrons. The maximum atomic E-state index is 12.9. The van der Waals surface area contributed by atoms with E-state index < -0.39 is 0 Å². The Morgan fingerprint density at radius 2 is 1.67 bits per heavy atom. The van der Waals surface area contributed by atoms with Gasteiger partial charge in [0.2, 0.25) is 5.91 Å². The van der Waals surface area contributed by atoms with Gasteiger partial charge in [0.1, 0.15) is 5.82 Å². The van der Waals surface area contributed by atoms with Gasteiger partial charge in [-0.25, -0.2) is 4.39 Å². The molecule has 2 aromatic rings. The lowest BCUT2D eigenvalue weighted by Gasteiger charge is -2.12. The molecule has 0 aliphatic heterocycles. The normalized spacial score (nSPS) is 10.7. The van der Waals surface area contributed by atoms with E-state index in [9.17, 15) is 9.18 Å². The molecule has 2 aromatic carbocycles. The van der Waals surface area contributed by atoms with Crippen LogP contribution < -0.4 is 16.0 Å². The molecule has 0 fully saturated rings. The zero-order chi connectivity index (χ0) is 18.9. The molecule has 27 heavy (non-hydrogen) atoms. The number of carbonyl (C=O) groups excluding carboxylic acids is 1. The van der Waals surface area contributed by atoms with Gasteiger partial charge in [-0.15, -0.1) is 24.0 Å². The summed E-state index contributed by atoms with van der Waals surface area (Å²) in [4.78, 5) is 16.0. The molecular weight excluding hydrogens is 458 g/mol. The number of nitrogens with zero attached hydrogens (tertiary/aromatic N) is 1. The van der Waals surface area contributed by atoms with Gasteiger partial charge in [0.25, 0.3) is 0 Å². The fraction of sp³-hybridized carbons (Fsp3) is 0.300. The molecule has 0 aliphatic rings. The summed E-state index contributed by atoms with van der Waals surface area (Å²) in [5.41, 5.74) is 4.32. The third-order valence-electron chi connectivity index (χ3n) is 3.76. The molecule has 0 saturated carbocycles. The SMILES string of the molecule is CN=C(NCCc1cc(C)cc(C)c1)NCC(=O)Nc1ccc(F)cc1.I. The quantitative estimate of drug-likeness (QED) is 0.335. The van der Waals surface area contributed by atoms with Crippen molar-refractivity contribution in [3.8, 4) is 0 Å². The monoisotopic (exact) mass is 484 g/mol. The summed E-state index contributed by atoms with van der Waals surface area (Å²) >= 11 is 0. The van der Waals surface area contributed by atoms with Crippen LogP contribution in [0.15, 0.2) is 47.5 Å².